The number of hydrogen-bond donors (Lipinski definition) is 1. The first-order valence-electron chi connectivity index (χ1n) is 13.9. The van der Waals surface area contributed by atoms with E-state index in [-0.39, 0.29) is 34.2 Å². The molecule has 1 saturated heterocycles. The van der Waals surface area contributed by atoms with Crippen LogP contribution in [0.5, 0.6) is 5.75 Å². The van der Waals surface area contributed by atoms with Gasteiger partial charge in [-0.2, -0.15) is 0 Å². The number of piperazine rings is 1. The van der Waals surface area contributed by atoms with Crippen molar-refractivity contribution in [2.24, 2.45) is 0 Å². The lowest BCUT2D eigenvalue weighted by Crippen LogP contribution is -2.51. The fourth-order valence-corrected chi connectivity index (χ4v) is 6.78. The SMILES string of the molecule is C[C@@H](NS(=O)(=O)c1ccc(OCC(=O)N2CCN(C(c3ccccc3)c3ccccc3)CC2)c(Cl)c1)c1ccccc1. The average Bonchev–Trinajstić information content (AvgIpc) is 3.02. The summed E-state index contributed by atoms with van der Waals surface area (Å²) in [7, 11) is -3.82. The quantitative estimate of drug-likeness (QED) is 0.252. The highest BCUT2D eigenvalue weighted by atomic mass is 35.5. The summed E-state index contributed by atoms with van der Waals surface area (Å²) in [6, 6.07) is 34.1. The van der Waals surface area contributed by atoms with E-state index in [9.17, 15) is 13.2 Å². The highest BCUT2D eigenvalue weighted by molar-refractivity contribution is 7.89. The van der Waals surface area contributed by atoms with Gasteiger partial charge in [-0.3, -0.25) is 9.69 Å². The third-order valence-corrected chi connectivity index (χ3v) is 9.29. The van der Waals surface area contributed by atoms with Crippen LogP contribution < -0.4 is 9.46 Å². The normalized spacial score (nSPS) is 15.0. The Bertz CT molecular complexity index is 1540. The Balaban J connectivity index is 1.17. The molecule has 1 aliphatic heterocycles. The van der Waals surface area contributed by atoms with Crippen LogP contribution in [0.25, 0.3) is 0 Å². The van der Waals surface area contributed by atoms with Crippen LogP contribution in [0.2, 0.25) is 5.02 Å². The van der Waals surface area contributed by atoms with Crippen molar-refractivity contribution in [2.75, 3.05) is 32.8 Å². The largest absolute Gasteiger partial charge is 0.482 e. The van der Waals surface area contributed by atoms with Crippen molar-refractivity contribution in [1.29, 1.82) is 0 Å². The number of halogens is 1. The maximum Gasteiger partial charge on any atom is 0.260 e. The van der Waals surface area contributed by atoms with Crippen LogP contribution in [0.15, 0.2) is 114 Å². The molecule has 0 saturated carbocycles. The summed E-state index contributed by atoms with van der Waals surface area (Å²) in [6.45, 7) is 4.20. The van der Waals surface area contributed by atoms with Crippen molar-refractivity contribution in [3.05, 3.63) is 131 Å². The summed E-state index contributed by atoms with van der Waals surface area (Å²) in [5, 5.41) is 0.122. The number of sulfonamides is 1. The van der Waals surface area contributed by atoms with Crippen LogP contribution in [-0.4, -0.2) is 56.9 Å². The van der Waals surface area contributed by atoms with E-state index in [1.165, 1.54) is 29.3 Å². The minimum Gasteiger partial charge on any atom is -0.482 e. The number of amides is 1. The van der Waals surface area contributed by atoms with Gasteiger partial charge < -0.3 is 9.64 Å². The first kappa shape index (κ1) is 29.8. The monoisotopic (exact) mass is 603 g/mol. The van der Waals surface area contributed by atoms with Crippen molar-refractivity contribution in [2.45, 2.75) is 23.9 Å². The lowest BCUT2D eigenvalue weighted by atomic mass is 9.96. The minimum absolute atomic E-state index is 0.0245. The molecule has 42 heavy (non-hydrogen) atoms. The maximum atomic E-state index is 13.0. The van der Waals surface area contributed by atoms with Gasteiger partial charge >= 0.3 is 0 Å². The van der Waals surface area contributed by atoms with Gasteiger partial charge in [-0.15, -0.1) is 0 Å². The number of carbonyl (C=O) groups excluding carboxylic acids is 1. The fraction of sp³-hybridized carbons (Fsp3) is 0.242. The van der Waals surface area contributed by atoms with Crippen molar-refractivity contribution in [3.8, 4) is 5.75 Å². The van der Waals surface area contributed by atoms with Crippen LogP contribution in [0.1, 0.15) is 35.7 Å². The Hall–Kier alpha value is -3.69. The van der Waals surface area contributed by atoms with E-state index in [0.29, 0.717) is 13.1 Å². The molecule has 0 aliphatic carbocycles. The molecule has 9 heteroatoms. The van der Waals surface area contributed by atoms with Gasteiger partial charge in [0.2, 0.25) is 10.0 Å². The Kier molecular flexibility index (Phi) is 9.59. The van der Waals surface area contributed by atoms with E-state index >= 15 is 0 Å². The van der Waals surface area contributed by atoms with E-state index in [0.717, 1.165) is 18.7 Å². The number of carbonyl (C=O) groups is 1. The zero-order valence-corrected chi connectivity index (χ0v) is 25.0. The molecule has 7 nitrogen and oxygen atoms in total. The van der Waals surface area contributed by atoms with Gasteiger partial charge in [-0.25, -0.2) is 13.1 Å². The minimum atomic E-state index is -3.82. The molecule has 1 fully saturated rings. The zero-order chi connectivity index (χ0) is 29.5. The summed E-state index contributed by atoms with van der Waals surface area (Å²) in [4.78, 5) is 17.2. The van der Waals surface area contributed by atoms with E-state index in [1.54, 1.807) is 11.8 Å². The smallest absolute Gasteiger partial charge is 0.260 e. The Labute approximate surface area is 252 Å². The molecule has 5 rings (SSSR count). The van der Waals surface area contributed by atoms with Gasteiger partial charge in [0.15, 0.2) is 6.61 Å². The number of nitrogens with one attached hydrogen (secondary N) is 1. The molecule has 0 radical (unpaired) electrons. The summed E-state index contributed by atoms with van der Waals surface area (Å²) >= 11 is 6.38. The summed E-state index contributed by atoms with van der Waals surface area (Å²) in [5.41, 5.74) is 3.29. The number of nitrogens with zero attached hydrogens (tertiary/aromatic N) is 2. The van der Waals surface area contributed by atoms with Gasteiger partial charge in [-0.1, -0.05) is 103 Å². The summed E-state index contributed by atoms with van der Waals surface area (Å²) < 4.78 is 34.3. The molecular weight excluding hydrogens is 570 g/mol. The second kappa shape index (κ2) is 13.5. The summed E-state index contributed by atoms with van der Waals surface area (Å²) in [5.74, 6) is 0.115. The van der Waals surface area contributed by atoms with Crippen molar-refractivity contribution in [1.82, 2.24) is 14.5 Å². The van der Waals surface area contributed by atoms with Gasteiger partial charge in [-0.05, 0) is 41.8 Å². The van der Waals surface area contributed by atoms with Crippen molar-refractivity contribution < 1.29 is 17.9 Å². The Morgan fingerprint density at radius 1 is 0.810 bits per heavy atom. The predicted octanol–water partition coefficient (Wildman–Crippen LogP) is 5.69. The van der Waals surface area contributed by atoms with Crippen LogP contribution in [0.4, 0.5) is 0 Å². The molecule has 218 valence electrons. The van der Waals surface area contributed by atoms with Crippen LogP contribution >= 0.6 is 11.6 Å². The molecule has 0 spiro atoms. The molecule has 1 aliphatic rings. The van der Waals surface area contributed by atoms with Crippen LogP contribution in [-0.2, 0) is 14.8 Å². The van der Waals surface area contributed by atoms with Crippen LogP contribution in [0, 0.1) is 0 Å². The Morgan fingerprint density at radius 2 is 1.33 bits per heavy atom. The molecule has 0 unspecified atom stereocenters. The first-order chi connectivity index (χ1) is 20.3. The molecule has 4 aromatic rings. The maximum absolute atomic E-state index is 13.0. The standard InChI is InChI=1S/C33H34ClN3O4S/c1-25(26-11-5-2-6-12-26)35-42(39,40)29-17-18-31(30(34)23-29)41-24-32(38)36-19-21-37(22-20-36)33(27-13-7-3-8-14-27)28-15-9-4-10-16-28/h2-18,23,25,33,35H,19-22,24H2,1H3/t25-/m1/s1. The summed E-state index contributed by atoms with van der Waals surface area (Å²) in [6.07, 6.45) is 0. The molecule has 1 atom stereocenters. The molecule has 1 amide bonds. The van der Waals surface area contributed by atoms with E-state index in [2.05, 4.69) is 58.2 Å². The number of benzene rings is 4. The van der Waals surface area contributed by atoms with Crippen molar-refractivity contribution >= 4 is 27.5 Å². The topological polar surface area (TPSA) is 78.9 Å². The lowest BCUT2D eigenvalue weighted by molar-refractivity contribution is -0.135. The second-order valence-corrected chi connectivity index (χ2v) is 12.4. The molecule has 0 aromatic heterocycles. The molecule has 4 aromatic carbocycles. The highest BCUT2D eigenvalue weighted by Gasteiger charge is 2.28. The molecule has 1 N–H and O–H groups in total. The van der Waals surface area contributed by atoms with Crippen LogP contribution in [0.3, 0.4) is 0 Å². The Morgan fingerprint density at radius 3 is 1.86 bits per heavy atom. The van der Waals surface area contributed by atoms with Gasteiger partial charge in [0, 0.05) is 32.2 Å². The fourth-order valence-electron chi connectivity index (χ4n) is 5.22. The van der Waals surface area contributed by atoms with Gasteiger partial charge in [0.25, 0.3) is 5.91 Å². The average molecular weight is 604 g/mol. The third kappa shape index (κ3) is 7.20. The predicted molar refractivity (Wildman–Crippen MR) is 165 cm³/mol. The highest BCUT2D eigenvalue weighted by Crippen LogP contribution is 2.30. The number of ether oxygens (including phenoxy) is 1. The van der Waals surface area contributed by atoms with Gasteiger partial charge in [0.1, 0.15) is 5.75 Å². The van der Waals surface area contributed by atoms with Crippen molar-refractivity contribution in [3.63, 3.8) is 0 Å². The third-order valence-electron chi connectivity index (χ3n) is 7.46. The number of rotatable bonds is 10. The lowest BCUT2D eigenvalue weighted by Gasteiger charge is -2.39. The first-order valence-corrected chi connectivity index (χ1v) is 15.8. The van der Waals surface area contributed by atoms with E-state index in [4.69, 9.17) is 16.3 Å². The zero-order valence-electron chi connectivity index (χ0n) is 23.4. The van der Waals surface area contributed by atoms with Gasteiger partial charge in [0.05, 0.1) is 16.0 Å². The number of hydrogen-bond acceptors (Lipinski definition) is 5. The second-order valence-electron chi connectivity index (χ2n) is 10.3. The molecular formula is C33H34ClN3O4S. The van der Waals surface area contributed by atoms with E-state index < -0.39 is 16.1 Å². The molecule has 0 bridgehead atoms. The molecule has 1 heterocycles. The van der Waals surface area contributed by atoms with E-state index in [1.807, 2.05) is 42.5 Å².